The smallest absolute Gasteiger partial charge is 0.339 e. The summed E-state index contributed by atoms with van der Waals surface area (Å²) in [5.74, 6) is -2.86. The van der Waals surface area contributed by atoms with Gasteiger partial charge in [-0.1, -0.05) is 37.6 Å². The Kier molecular flexibility index (Phi) is 8.08. The van der Waals surface area contributed by atoms with Crippen LogP contribution in [-0.2, 0) is 28.7 Å². The molecule has 5 N–H and O–H groups in total. The number of carbonyl (C=O) groups excluding carboxylic acids is 4. The van der Waals surface area contributed by atoms with Crippen LogP contribution in [0.2, 0.25) is 0 Å². The zero-order valence-electron chi connectivity index (χ0n) is 24.6. The van der Waals surface area contributed by atoms with Gasteiger partial charge in [0, 0.05) is 18.4 Å². The zero-order valence-corrected chi connectivity index (χ0v) is 24.6. The number of amides is 2. The van der Waals surface area contributed by atoms with Crippen LogP contribution in [0.25, 0.3) is 0 Å². The largest absolute Gasteiger partial charge is 0.453 e. The third-order valence-electron chi connectivity index (χ3n) is 10.7. The van der Waals surface area contributed by atoms with E-state index < -0.39 is 52.3 Å². The normalized spacial score (nSPS) is 42.8. The van der Waals surface area contributed by atoms with Gasteiger partial charge in [-0.2, -0.15) is 0 Å². The molecule has 11 nitrogen and oxygen atoms in total. The van der Waals surface area contributed by atoms with Crippen LogP contribution in [0.1, 0.15) is 78.6 Å². The first-order valence-corrected chi connectivity index (χ1v) is 15.4. The number of hydrogen-bond donors (Lipinski definition) is 5. The van der Waals surface area contributed by atoms with E-state index in [9.17, 15) is 29.4 Å². The van der Waals surface area contributed by atoms with E-state index >= 15 is 0 Å². The van der Waals surface area contributed by atoms with Gasteiger partial charge in [-0.05, 0) is 65.2 Å². The summed E-state index contributed by atoms with van der Waals surface area (Å²) < 4.78 is 10.7. The molecule has 6 aliphatic rings. The zero-order chi connectivity index (χ0) is 30.5. The SMILES string of the molecule is CC12OC(=O)C1(C(O)C1C=CCCC1)NC(=O)C2CCO.CCCC1C(=O)NC2(C(O)C3C=CCCC3)C(=O)OC12C. The molecule has 0 saturated carbocycles. The molecule has 0 aromatic rings. The average Bonchev–Trinajstić information content (AvgIpc) is 3.27. The van der Waals surface area contributed by atoms with Gasteiger partial charge in [0.2, 0.25) is 22.9 Å². The monoisotopic (exact) mass is 588 g/mol. The van der Waals surface area contributed by atoms with Crippen molar-refractivity contribution in [3.8, 4) is 0 Å². The topological polar surface area (TPSA) is 171 Å². The molecule has 0 bridgehead atoms. The predicted molar refractivity (Wildman–Crippen MR) is 149 cm³/mol. The summed E-state index contributed by atoms with van der Waals surface area (Å²) in [7, 11) is 0. The number of esters is 2. The second-order valence-electron chi connectivity index (χ2n) is 12.9. The van der Waals surface area contributed by atoms with Gasteiger partial charge in [-0.3, -0.25) is 9.59 Å². The summed E-state index contributed by atoms with van der Waals surface area (Å²) in [4.78, 5) is 48.8. The van der Waals surface area contributed by atoms with E-state index in [1.165, 1.54) is 0 Å². The quantitative estimate of drug-likeness (QED) is 0.206. The molecular weight excluding hydrogens is 544 g/mol. The van der Waals surface area contributed by atoms with Gasteiger partial charge in [0.25, 0.3) is 0 Å². The minimum Gasteiger partial charge on any atom is -0.453 e. The molecule has 0 aromatic heterocycles. The van der Waals surface area contributed by atoms with Crippen molar-refractivity contribution in [3.05, 3.63) is 24.3 Å². The third-order valence-corrected chi connectivity index (χ3v) is 10.7. The first kappa shape index (κ1) is 30.7. The molecular formula is C31H44N2O9. The Morgan fingerprint density at radius 2 is 1.24 bits per heavy atom. The molecule has 6 rings (SSSR count). The van der Waals surface area contributed by atoms with Gasteiger partial charge >= 0.3 is 11.9 Å². The molecule has 4 saturated heterocycles. The second-order valence-corrected chi connectivity index (χ2v) is 12.9. The maximum Gasteiger partial charge on any atom is 0.339 e. The molecule has 232 valence electrons. The molecule has 11 heteroatoms. The van der Waals surface area contributed by atoms with Crippen molar-refractivity contribution in [3.63, 3.8) is 0 Å². The minimum absolute atomic E-state index is 0.105. The van der Waals surface area contributed by atoms with Gasteiger partial charge in [0.1, 0.15) is 0 Å². The predicted octanol–water partition coefficient (Wildman–Crippen LogP) is 1.19. The molecule has 2 amide bonds. The number of fused-ring (bicyclic) bond motifs is 2. The summed E-state index contributed by atoms with van der Waals surface area (Å²) in [6.07, 6.45) is 13.2. The molecule has 0 radical (unpaired) electrons. The van der Waals surface area contributed by atoms with Crippen LogP contribution in [0.3, 0.4) is 0 Å². The number of hydrogen-bond acceptors (Lipinski definition) is 9. The van der Waals surface area contributed by atoms with Crippen molar-refractivity contribution in [2.24, 2.45) is 23.7 Å². The highest BCUT2D eigenvalue weighted by molar-refractivity contribution is 6.02. The van der Waals surface area contributed by atoms with E-state index in [1.807, 2.05) is 31.2 Å². The number of aliphatic hydroxyl groups is 3. The molecule has 4 aliphatic heterocycles. The number of allylic oxidation sites excluding steroid dienone is 2. The molecule has 0 aromatic carbocycles. The van der Waals surface area contributed by atoms with Crippen LogP contribution in [0.4, 0.5) is 0 Å². The van der Waals surface area contributed by atoms with Crippen LogP contribution in [-0.4, -0.2) is 80.2 Å². The lowest BCUT2D eigenvalue weighted by molar-refractivity contribution is -0.239. The fourth-order valence-electron chi connectivity index (χ4n) is 8.18. The summed E-state index contributed by atoms with van der Waals surface area (Å²) in [6.45, 7) is 5.28. The molecule has 10 atom stereocenters. The summed E-state index contributed by atoms with van der Waals surface area (Å²) >= 11 is 0. The molecule has 42 heavy (non-hydrogen) atoms. The van der Waals surface area contributed by atoms with Crippen LogP contribution in [0.15, 0.2) is 24.3 Å². The maximum absolute atomic E-state index is 12.3. The van der Waals surface area contributed by atoms with E-state index in [2.05, 4.69) is 10.6 Å². The number of ether oxygens (including phenoxy) is 2. The van der Waals surface area contributed by atoms with Crippen molar-refractivity contribution in [2.75, 3.05) is 6.61 Å². The lowest BCUT2D eigenvalue weighted by Crippen LogP contribution is -2.80. The number of nitrogens with one attached hydrogen (secondary N) is 2. The van der Waals surface area contributed by atoms with Crippen LogP contribution < -0.4 is 10.6 Å². The highest BCUT2D eigenvalue weighted by Crippen LogP contribution is 2.54. The van der Waals surface area contributed by atoms with Gasteiger partial charge in [-0.15, -0.1) is 0 Å². The highest BCUT2D eigenvalue weighted by Gasteiger charge is 2.80. The number of rotatable bonds is 8. The lowest BCUT2D eigenvalue weighted by Gasteiger charge is -2.54. The van der Waals surface area contributed by atoms with Crippen molar-refractivity contribution in [1.29, 1.82) is 0 Å². The Hall–Kier alpha value is -2.76. The summed E-state index contributed by atoms with van der Waals surface area (Å²) in [6, 6.07) is 0. The van der Waals surface area contributed by atoms with Crippen LogP contribution in [0, 0.1) is 23.7 Å². The Morgan fingerprint density at radius 3 is 1.57 bits per heavy atom. The summed E-state index contributed by atoms with van der Waals surface area (Å²) in [5.41, 5.74) is -4.66. The van der Waals surface area contributed by atoms with E-state index in [0.717, 1.165) is 44.9 Å². The van der Waals surface area contributed by atoms with Gasteiger partial charge in [0.05, 0.1) is 24.0 Å². The first-order chi connectivity index (χ1) is 19.9. The Morgan fingerprint density at radius 1 is 0.810 bits per heavy atom. The van der Waals surface area contributed by atoms with Crippen molar-refractivity contribution < 1.29 is 44.0 Å². The van der Waals surface area contributed by atoms with Gasteiger partial charge in [0.15, 0.2) is 11.2 Å². The molecule has 0 spiro atoms. The van der Waals surface area contributed by atoms with Crippen LogP contribution >= 0.6 is 0 Å². The van der Waals surface area contributed by atoms with Gasteiger partial charge < -0.3 is 35.4 Å². The van der Waals surface area contributed by atoms with Crippen molar-refractivity contribution >= 4 is 23.8 Å². The van der Waals surface area contributed by atoms with E-state index in [-0.39, 0.29) is 42.6 Å². The fraction of sp³-hybridized carbons (Fsp3) is 0.742. The molecule has 4 fully saturated rings. The van der Waals surface area contributed by atoms with Crippen molar-refractivity contribution in [1.82, 2.24) is 10.6 Å². The third kappa shape index (κ3) is 4.10. The maximum atomic E-state index is 12.3. The molecule has 10 unspecified atom stereocenters. The van der Waals surface area contributed by atoms with E-state index in [1.54, 1.807) is 13.8 Å². The van der Waals surface area contributed by atoms with E-state index in [4.69, 9.17) is 14.6 Å². The lowest BCUT2D eigenvalue weighted by atomic mass is 9.64. The standard InChI is InChI=1S/C16H23NO4.C15H21NO5/c1-3-7-11-13(19)17-16(14(20)21-15(11,16)2)12(18)10-8-5-4-6-9-10;1-14-10(7-8-17)12(19)16-15(14,13(20)21-14)11(18)9-5-3-2-4-6-9/h5,8,10-12,18H,3-4,6-7,9H2,1-2H3,(H,17,19);3,5,9-11,17-18H,2,4,6-8H2,1H3,(H,16,19). The fourth-order valence-corrected chi connectivity index (χ4v) is 8.18. The van der Waals surface area contributed by atoms with Gasteiger partial charge in [-0.25, -0.2) is 9.59 Å². The minimum atomic E-state index is -1.38. The van der Waals surface area contributed by atoms with E-state index in [0.29, 0.717) is 6.42 Å². The Balaban J connectivity index is 0.000000168. The number of aliphatic hydroxyl groups excluding tert-OH is 3. The van der Waals surface area contributed by atoms with Crippen molar-refractivity contribution in [2.45, 2.75) is 113 Å². The molecule has 2 aliphatic carbocycles. The first-order valence-electron chi connectivity index (χ1n) is 15.4. The molecule has 4 heterocycles. The average molecular weight is 589 g/mol. The summed E-state index contributed by atoms with van der Waals surface area (Å²) in [5, 5.41) is 36.2. The Labute approximate surface area is 246 Å². The number of carbonyl (C=O) groups is 4. The van der Waals surface area contributed by atoms with Crippen LogP contribution in [0.5, 0.6) is 0 Å². The highest BCUT2D eigenvalue weighted by atomic mass is 16.6. The second kappa shape index (κ2) is 11.1. The Bertz CT molecular complexity index is 1100.